The number of imide groups is 1. The zero-order valence-electron chi connectivity index (χ0n) is 38.3. The van der Waals surface area contributed by atoms with Gasteiger partial charge in [0.25, 0.3) is 11.8 Å². The second-order valence-electron chi connectivity index (χ2n) is 18.3. The summed E-state index contributed by atoms with van der Waals surface area (Å²) in [6.07, 6.45) is 0. The van der Waals surface area contributed by atoms with Crippen LogP contribution in [0, 0.1) is 22.7 Å². The maximum atomic E-state index is 14.2. The number of hydrogen-bond acceptors (Lipinski definition) is 4. The minimum Gasteiger partial charge on any atom is -0.309 e. The van der Waals surface area contributed by atoms with Crippen LogP contribution in [0.3, 0.4) is 0 Å². The van der Waals surface area contributed by atoms with Gasteiger partial charge in [-0.05, 0) is 150 Å². The van der Waals surface area contributed by atoms with Gasteiger partial charge in [0.05, 0.1) is 78.9 Å². The molecule has 8 heteroatoms. The van der Waals surface area contributed by atoms with Crippen molar-refractivity contribution in [2.75, 3.05) is 4.90 Å². The molecular formula is C64H36N6O2. The van der Waals surface area contributed by atoms with Gasteiger partial charge in [-0.25, -0.2) is 4.90 Å². The number of anilines is 1. The predicted molar refractivity (Wildman–Crippen MR) is 287 cm³/mol. The first-order chi connectivity index (χ1) is 35.4. The van der Waals surface area contributed by atoms with E-state index in [1.165, 1.54) is 10.3 Å². The third kappa shape index (κ3) is 5.97. The average molecular weight is 921 g/mol. The third-order valence-electron chi connectivity index (χ3n) is 14.4. The minimum absolute atomic E-state index is 0.327. The first-order valence-electron chi connectivity index (χ1n) is 23.7. The lowest BCUT2D eigenvalue weighted by Gasteiger charge is -2.20. The molecule has 0 saturated heterocycles. The molecule has 0 unspecified atom stereocenters. The van der Waals surface area contributed by atoms with Crippen LogP contribution in [0.15, 0.2) is 218 Å². The fourth-order valence-corrected chi connectivity index (χ4v) is 11.1. The number of nitrogens with zero attached hydrogens (tertiary/aromatic N) is 6. The zero-order valence-corrected chi connectivity index (χ0v) is 38.3. The fourth-order valence-electron chi connectivity index (χ4n) is 11.1. The molecule has 2 amide bonds. The molecule has 10 aromatic carbocycles. The Bertz CT molecular complexity index is 4540. The summed E-state index contributed by atoms with van der Waals surface area (Å²) in [5.41, 5.74) is 14.8. The van der Waals surface area contributed by atoms with Gasteiger partial charge in [0.1, 0.15) is 0 Å². The highest BCUT2D eigenvalue weighted by molar-refractivity contribution is 6.35. The second kappa shape index (κ2) is 15.6. The van der Waals surface area contributed by atoms with E-state index in [-0.39, 0.29) is 0 Å². The maximum Gasteiger partial charge on any atom is 0.266 e. The largest absolute Gasteiger partial charge is 0.309 e. The van der Waals surface area contributed by atoms with Gasteiger partial charge in [0.2, 0.25) is 0 Å². The van der Waals surface area contributed by atoms with Crippen LogP contribution < -0.4 is 4.90 Å². The zero-order chi connectivity index (χ0) is 48.2. The standard InChI is InChI=1S/C64H36N6O2/c65-37-39-18-25-46(26-19-39)68-56-17-9-7-13-48(56)52-34-42(22-29-58(52)68)44-24-31-60-54(36-44)53-35-43(41-21-28-57-51(33-41)47-12-6-8-16-55(47)67(57)45-10-2-1-3-11-45)23-30-59(53)69(60)61-27-20-40(38-66)32-62(61)70-63(71)49-14-4-5-15-50(49)64(70)72/h1-36H. The van der Waals surface area contributed by atoms with Gasteiger partial charge in [-0.3, -0.25) is 9.59 Å². The Morgan fingerprint density at radius 1 is 0.306 bits per heavy atom. The van der Waals surface area contributed by atoms with Crippen LogP contribution in [-0.4, -0.2) is 25.5 Å². The molecule has 0 spiro atoms. The van der Waals surface area contributed by atoms with Gasteiger partial charge < -0.3 is 13.7 Å². The smallest absolute Gasteiger partial charge is 0.266 e. The molecule has 1 aliphatic heterocycles. The van der Waals surface area contributed by atoms with E-state index < -0.39 is 11.8 Å². The molecule has 72 heavy (non-hydrogen) atoms. The van der Waals surface area contributed by atoms with Crippen LogP contribution in [-0.2, 0) is 0 Å². The van der Waals surface area contributed by atoms with Crippen molar-refractivity contribution in [3.8, 4) is 51.5 Å². The SMILES string of the molecule is N#Cc1ccc(-n2c3ccccc3c3cc(-c4ccc5c(c4)c4cc(-c6ccc7c(c6)c6ccccc6n7-c6ccccc6)ccc4n5-c4ccc(C#N)cc4N4C(=O)c5ccccc5C4=O)ccc32)cc1. The normalized spacial score (nSPS) is 12.4. The topological polar surface area (TPSA) is 99.8 Å². The van der Waals surface area contributed by atoms with Crippen molar-refractivity contribution in [3.05, 3.63) is 241 Å². The van der Waals surface area contributed by atoms with Crippen LogP contribution in [0.4, 0.5) is 5.69 Å². The summed E-state index contributed by atoms with van der Waals surface area (Å²) in [7, 11) is 0. The van der Waals surface area contributed by atoms with E-state index in [1.807, 2.05) is 36.4 Å². The van der Waals surface area contributed by atoms with Gasteiger partial charge in [-0.15, -0.1) is 0 Å². The number of carbonyl (C=O) groups is 2. The molecular weight excluding hydrogens is 885 g/mol. The summed E-state index contributed by atoms with van der Waals surface area (Å²) >= 11 is 0. The van der Waals surface area contributed by atoms with Gasteiger partial charge in [0, 0.05) is 43.7 Å². The molecule has 13 aromatic rings. The van der Waals surface area contributed by atoms with Crippen molar-refractivity contribution >= 4 is 82.9 Å². The number of nitriles is 2. The van der Waals surface area contributed by atoms with Crippen molar-refractivity contribution in [1.82, 2.24) is 13.7 Å². The Morgan fingerprint density at radius 2 is 0.694 bits per heavy atom. The molecule has 0 N–H and O–H groups in total. The highest BCUT2D eigenvalue weighted by Gasteiger charge is 2.38. The minimum atomic E-state index is -0.433. The molecule has 4 heterocycles. The molecule has 0 radical (unpaired) electrons. The van der Waals surface area contributed by atoms with Crippen LogP contribution in [0.5, 0.6) is 0 Å². The Hall–Kier alpha value is -10.3. The van der Waals surface area contributed by atoms with Crippen molar-refractivity contribution < 1.29 is 9.59 Å². The number of para-hydroxylation sites is 3. The van der Waals surface area contributed by atoms with Crippen molar-refractivity contribution in [3.63, 3.8) is 0 Å². The quantitative estimate of drug-likeness (QED) is 0.155. The van der Waals surface area contributed by atoms with E-state index in [0.29, 0.717) is 33.6 Å². The Morgan fingerprint density at radius 3 is 1.18 bits per heavy atom. The molecule has 0 bridgehead atoms. The van der Waals surface area contributed by atoms with Gasteiger partial charge in [-0.1, -0.05) is 91.0 Å². The summed E-state index contributed by atoms with van der Waals surface area (Å²) in [6, 6.07) is 77.9. The monoisotopic (exact) mass is 920 g/mol. The summed E-state index contributed by atoms with van der Waals surface area (Å²) < 4.78 is 6.68. The number of fused-ring (bicyclic) bond motifs is 10. The lowest BCUT2D eigenvalue weighted by atomic mass is 9.98. The fraction of sp³-hybridized carbons (Fsp3) is 0. The molecule has 3 aromatic heterocycles. The van der Waals surface area contributed by atoms with E-state index in [9.17, 15) is 20.1 Å². The first-order valence-corrected chi connectivity index (χ1v) is 23.7. The van der Waals surface area contributed by atoms with E-state index in [4.69, 9.17) is 0 Å². The Balaban J connectivity index is 0.988. The summed E-state index contributed by atoms with van der Waals surface area (Å²) in [4.78, 5) is 29.6. The second-order valence-corrected chi connectivity index (χ2v) is 18.3. The number of benzene rings is 10. The maximum absolute atomic E-state index is 14.2. The first kappa shape index (κ1) is 40.8. The summed E-state index contributed by atoms with van der Waals surface area (Å²) in [5.74, 6) is -0.866. The number of aromatic nitrogens is 3. The van der Waals surface area contributed by atoms with E-state index in [0.717, 1.165) is 93.7 Å². The third-order valence-corrected chi connectivity index (χ3v) is 14.4. The Kier molecular flexibility index (Phi) is 8.85. The van der Waals surface area contributed by atoms with E-state index >= 15 is 0 Å². The molecule has 0 fully saturated rings. The lowest BCUT2D eigenvalue weighted by Crippen LogP contribution is -2.30. The molecule has 8 nitrogen and oxygen atoms in total. The van der Waals surface area contributed by atoms with E-state index in [1.54, 1.807) is 36.4 Å². The average Bonchev–Trinajstić information content (AvgIpc) is 4.14. The summed E-state index contributed by atoms with van der Waals surface area (Å²) in [6.45, 7) is 0. The number of carbonyl (C=O) groups excluding carboxylic acids is 2. The number of amides is 2. The van der Waals surface area contributed by atoms with Crippen LogP contribution in [0.25, 0.3) is 105 Å². The van der Waals surface area contributed by atoms with Crippen LogP contribution in [0.1, 0.15) is 31.8 Å². The predicted octanol–water partition coefficient (Wildman–Crippen LogP) is 14.9. The lowest BCUT2D eigenvalue weighted by molar-refractivity contribution is 0.0926. The molecule has 1 aliphatic rings. The van der Waals surface area contributed by atoms with Crippen molar-refractivity contribution in [2.45, 2.75) is 0 Å². The van der Waals surface area contributed by atoms with Gasteiger partial charge in [-0.2, -0.15) is 10.5 Å². The van der Waals surface area contributed by atoms with Crippen molar-refractivity contribution in [2.24, 2.45) is 0 Å². The molecule has 14 rings (SSSR count). The van der Waals surface area contributed by atoms with Gasteiger partial charge in [0.15, 0.2) is 0 Å². The van der Waals surface area contributed by atoms with Crippen LogP contribution in [0.2, 0.25) is 0 Å². The molecule has 0 saturated carbocycles. The highest BCUT2D eigenvalue weighted by atomic mass is 16.2. The van der Waals surface area contributed by atoms with Gasteiger partial charge >= 0.3 is 0 Å². The Labute approximate surface area is 411 Å². The number of hydrogen-bond donors (Lipinski definition) is 0. The molecule has 334 valence electrons. The molecule has 0 aliphatic carbocycles. The van der Waals surface area contributed by atoms with Crippen molar-refractivity contribution in [1.29, 1.82) is 10.5 Å². The summed E-state index contributed by atoms with van der Waals surface area (Å²) in [5, 5.41) is 26.2. The highest BCUT2D eigenvalue weighted by Crippen LogP contribution is 2.43. The number of rotatable bonds is 6. The van der Waals surface area contributed by atoms with E-state index in [2.05, 4.69) is 171 Å². The van der Waals surface area contributed by atoms with Crippen LogP contribution >= 0.6 is 0 Å². The molecule has 0 atom stereocenters.